The van der Waals surface area contributed by atoms with E-state index in [-0.39, 0.29) is 17.2 Å². The minimum absolute atomic E-state index is 0.0301. The fraction of sp³-hybridized carbons (Fsp3) is 0. The van der Waals surface area contributed by atoms with E-state index in [4.69, 9.17) is 5.11 Å². The Balaban J connectivity index is 0.000000129. The van der Waals surface area contributed by atoms with Gasteiger partial charge in [0, 0.05) is 24.8 Å². The molecule has 172 valence electrons. The van der Waals surface area contributed by atoms with Gasteiger partial charge in [0.1, 0.15) is 22.5 Å². The van der Waals surface area contributed by atoms with E-state index in [0.717, 1.165) is 11.0 Å². The molecule has 10 nitrogen and oxygen atoms in total. The van der Waals surface area contributed by atoms with Gasteiger partial charge in [0.05, 0.1) is 28.3 Å². The highest BCUT2D eigenvalue weighted by molar-refractivity contribution is 5.89. The molecule has 0 aliphatic heterocycles. The summed E-state index contributed by atoms with van der Waals surface area (Å²) >= 11 is 0. The Labute approximate surface area is 198 Å². The number of hydrogen-bond acceptors (Lipinski definition) is 9. The van der Waals surface area contributed by atoms with Crippen LogP contribution in [0.4, 0.5) is 0 Å². The molecular weight excluding hydrogens is 448 g/mol. The maximum absolute atomic E-state index is 10.1. The Morgan fingerprint density at radius 2 is 1.20 bits per heavy atom. The van der Waals surface area contributed by atoms with Gasteiger partial charge in [-0.1, -0.05) is 24.3 Å². The number of benzene rings is 3. The molecule has 6 rings (SSSR count). The number of carbonyl (C=O) groups is 1. The number of carboxylic acid groups (broad SMARTS) is 1. The van der Waals surface area contributed by atoms with Gasteiger partial charge in [-0.15, -0.1) is 0 Å². The third kappa shape index (κ3) is 5.57. The highest BCUT2D eigenvalue weighted by atomic mass is 16.4. The lowest BCUT2D eigenvalue weighted by Gasteiger charge is -2.01. The smallest absolute Gasteiger partial charge is 0.356 e. The summed E-state index contributed by atoms with van der Waals surface area (Å²) in [5.41, 5.74) is 4.15. The molecule has 6 aromatic rings. The second-order valence-electron chi connectivity index (χ2n) is 6.95. The van der Waals surface area contributed by atoms with E-state index in [1.807, 2.05) is 36.4 Å². The first-order valence-electron chi connectivity index (χ1n) is 10.3. The van der Waals surface area contributed by atoms with Crippen molar-refractivity contribution >= 4 is 39.1 Å². The molecule has 3 aromatic carbocycles. The molecule has 0 fully saturated rings. The van der Waals surface area contributed by atoms with Gasteiger partial charge in [0.2, 0.25) is 0 Å². The van der Waals surface area contributed by atoms with Crippen LogP contribution in [0.15, 0.2) is 91.6 Å². The minimum atomic E-state index is -1.05. The average Bonchev–Trinajstić information content (AvgIpc) is 2.90. The summed E-state index contributed by atoms with van der Waals surface area (Å²) in [4.78, 5) is 33.9. The summed E-state index contributed by atoms with van der Waals surface area (Å²) in [6, 6.07) is 18.0. The zero-order valence-electron chi connectivity index (χ0n) is 18.1. The number of hydrogen-bond donors (Lipinski definition) is 3. The quantitative estimate of drug-likeness (QED) is 0.303. The summed E-state index contributed by atoms with van der Waals surface area (Å²) in [7, 11) is 0. The standard InChI is InChI=1S/C12H8N2O.C8H6N2O.C5H4N2O2/c15-11-7-3-6-10-12(11)14-9-5-2-1-4-8(9)13-10;11-7-3-1-2-6-8(7)10-5-4-9-6;8-5(9)4-3-6-1-2-7-4/h1-7,15H;1-5,11H;1-3H,(H,8,9). The molecule has 3 heterocycles. The molecule has 10 heteroatoms. The van der Waals surface area contributed by atoms with Crippen LogP contribution in [0.25, 0.3) is 33.1 Å². The third-order valence-electron chi connectivity index (χ3n) is 4.61. The van der Waals surface area contributed by atoms with Crippen molar-refractivity contribution in [2.45, 2.75) is 0 Å². The predicted molar refractivity (Wildman–Crippen MR) is 129 cm³/mol. The lowest BCUT2D eigenvalue weighted by atomic mass is 10.2. The van der Waals surface area contributed by atoms with E-state index >= 15 is 0 Å². The van der Waals surface area contributed by atoms with Crippen LogP contribution < -0.4 is 0 Å². The number of phenolic OH excluding ortho intramolecular Hbond substituents is 2. The lowest BCUT2D eigenvalue weighted by molar-refractivity contribution is 0.0690. The Morgan fingerprint density at radius 3 is 1.83 bits per heavy atom. The molecule has 35 heavy (non-hydrogen) atoms. The molecule has 0 saturated heterocycles. The van der Waals surface area contributed by atoms with Gasteiger partial charge in [-0.25, -0.2) is 24.7 Å². The van der Waals surface area contributed by atoms with Gasteiger partial charge < -0.3 is 15.3 Å². The Morgan fingerprint density at radius 1 is 0.600 bits per heavy atom. The normalized spacial score (nSPS) is 10.2. The van der Waals surface area contributed by atoms with Gasteiger partial charge in [-0.3, -0.25) is 9.97 Å². The monoisotopic (exact) mass is 466 g/mol. The van der Waals surface area contributed by atoms with Crippen LogP contribution in [0.1, 0.15) is 10.5 Å². The van der Waals surface area contributed by atoms with Gasteiger partial charge in [0.25, 0.3) is 0 Å². The lowest BCUT2D eigenvalue weighted by Crippen LogP contribution is -1.99. The van der Waals surface area contributed by atoms with Crippen molar-refractivity contribution in [3.63, 3.8) is 0 Å². The van der Waals surface area contributed by atoms with E-state index < -0.39 is 5.97 Å². The maximum Gasteiger partial charge on any atom is 0.356 e. The van der Waals surface area contributed by atoms with E-state index in [1.54, 1.807) is 36.7 Å². The Kier molecular flexibility index (Phi) is 6.93. The molecule has 0 radical (unpaired) electrons. The average molecular weight is 466 g/mol. The van der Waals surface area contributed by atoms with Crippen LogP contribution in [-0.2, 0) is 0 Å². The van der Waals surface area contributed by atoms with Crippen molar-refractivity contribution in [1.29, 1.82) is 0 Å². The molecule has 0 amide bonds. The van der Waals surface area contributed by atoms with Crippen LogP contribution in [0.2, 0.25) is 0 Å². The number of phenols is 2. The first-order valence-corrected chi connectivity index (χ1v) is 10.3. The number of nitrogens with zero attached hydrogens (tertiary/aromatic N) is 6. The van der Waals surface area contributed by atoms with Gasteiger partial charge in [-0.2, -0.15) is 0 Å². The number of fused-ring (bicyclic) bond motifs is 3. The van der Waals surface area contributed by atoms with Crippen LogP contribution >= 0.6 is 0 Å². The molecular formula is C25H18N6O4. The topological polar surface area (TPSA) is 155 Å². The molecule has 0 aliphatic rings. The second-order valence-corrected chi connectivity index (χ2v) is 6.95. The molecule has 0 bridgehead atoms. The van der Waals surface area contributed by atoms with E-state index in [9.17, 15) is 15.0 Å². The first-order chi connectivity index (χ1) is 17.0. The fourth-order valence-electron chi connectivity index (χ4n) is 3.01. The number of carboxylic acids is 1. The zero-order chi connectivity index (χ0) is 24.6. The van der Waals surface area contributed by atoms with Crippen LogP contribution in [0, 0.1) is 0 Å². The zero-order valence-corrected chi connectivity index (χ0v) is 18.1. The van der Waals surface area contributed by atoms with Crippen LogP contribution in [-0.4, -0.2) is 51.2 Å². The van der Waals surface area contributed by atoms with Crippen molar-refractivity contribution < 1.29 is 20.1 Å². The molecule has 0 unspecified atom stereocenters. The summed E-state index contributed by atoms with van der Waals surface area (Å²) in [6.07, 6.45) is 7.11. The van der Waals surface area contributed by atoms with Gasteiger partial charge in [-0.05, 0) is 36.4 Å². The van der Waals surface area contributed by atoms with E-state index in [1.165, 1.54) is 18.6 Å². The second kappa shape index (κ2) is 10.6. The molecule has 3 N–H and O–H groups in total. The number of para-hydroxylation sites is 4. The maximum atomic E-state index is 10.1. The van der Waals surface area contributed by atoms with E-state index in [2.05, 4.69) is 29.9 Å². The number of rotatable bonds is 1. The van der Waals surface area contributed by atoms with E-state index in [0.29, 0.717) is 22.1 Å². The fourth-order valence-corrected chi connectivity index (χ4v) is 3.01. The molecule has 0 aliphatic carbocycles. The number of aromatic hydroxyl groups is 2. The number of aromatic carboxylic acids is 1. The van der Waals surface area contributed by atoms with Gasteiger partial charge >= 0.3 is 5.97 Å². The van der Waals surface area contributed by atoms with Gasteiger partial charge in [0.15, 0.2) is 5.69 Å². The summed E-state index contributed by atoms with van der Waals surface area (Å²) in [5, 5.41) is 27.2. The van der Waals surface area contributed by atoms with Crippen molar-refractivity contribution in [2.24, 2.45) is 0 Å². The molecule has 3 aromatic heterocycles. The molecule has 0 atom stereocenters. The highest BCUT2D eigenvalue weighted by Gasteiger charge is 2.04. The highest BCUT2D eigenvalue weighted by Crippen LogP contribution is 2.23. The van der Waals surface area contributed by atoms with Crippen LogP contribution in [0.3, 0.4) is 0 Å². The Hall–Kier alpha value is -5.25. The molecule has 0 spiro atoms. The summed E-state index contributed by atoms with van der Waals surface area (Å²) in [6.45, 7) is 0. The first kappa shape index (κ1) is 22.9. The largest absolute Gasteiger partial charge is 0.506 e. The predicted octanol–water partition coefficient (Wildman–Crippen LogP) is 4.00. The SMILES string of the molecule is O=C(O)c1cnccn1.Oc1cccc2nc3ccccc3nc12.Oc1cccc2nccnc12. The number of aromatic nitrogens is 6. The Bertz CT molecular complexity index is 1610. The summed E-state index contributed by atoms with van der Waals surface area (Å²) in [5.74, 6) is -0.704. The van der Waals surface area contributed by atoms with Crippen LogP contribution in [0.5, 0.6) is 11.5 Å². The van der Waals surface area contributed by atoms with Crippen molar-refractivity contribution in [3.8, 4) is 11.5 Å². The van der Waals surface area contributed by atoms with Crippen molar-refractivity contribution in [2.75, 3.05) is 0 Å². The molecule has 0 saturated carbocycles. The van der Waals surface area contributed by atoms with Crippen molar-refractivity contribution in [3.05, 3.63) is 97.3 Å². The third-order valence-corrected chi connectivity index (χ3v) is 4.61. The van der Waals surface area contributed by atoms with Crippen molar-refractivity contribution in [1.82, 2.24) is 29.9 Å². The minimum Gasteiger partial charge on any atom is -0.506 e. The summed E-state index contributed by atoms with van der Waals surface area (Å²) < 4.78 is 0.